The second kappa shape index (κ2) is 6.56. The van der Waals surface area contributed by atoms with E-state index in [1.54, 1.807) is 24.3 Å². The summed E-state index contributed by atoms with van der Waals surface area (Å²) in [7, 11) is 0. The topological polar surface area (TPSA) is 84.2 Å². The number of nitrogens with two attached hydrogens (primary N) is 1. The lowest BCUT2D eigenvalue weighted by molar-refractivity contribution is 0.0951. The number of hydrogen-bond donors (Lipinski definition) is 3. The summed E-state index contributed by atoms with van der Waals surface area (Å²) in [6, 6.07) is 13.9. The highest BCUT2D eigenvalue weighted by Crippen LogP contribution is 2.10. The fraction of sp³-hybridized carbons (Fsp3) is 0.125. The number of primary amides is 1. The van der Waals surface area contributed by atoms with Crippen molar-refractivity contribution in [2.75, 3.05) is 5.32 Å². The SMILES string of the molecule is Cc1cccc(CNC(=O)c2ccc(NC(N)=O)cc2)c1. The summed E-state index contributed by atoms with van der Waals surface area (Å²) in [5, 5.41) is 5.29. The molecule has 0 aliphatic rings. The molecule has 0 bridgehead atoms. The summed E-state index contributed by atoms with van der Waals surface area (Å²) in [6.07, 6.45) is 0. The third-order valence-corrected chi connectivity index (χ3v) is 2.95. The molecular formula is C16H17N3O2. The van der Waals surface area contributed by atoms with Gasteiger partial charge in [0.1, 0.15) is 0 Å². The first kappa shape index (κ1) is 14.6. The first-order valence-corrected chi connectivity index (χ1v) is 6.55. The van der Waals surface area contributed by atoms with Crippen LogP contribution in [0.1, 0.15) is 21.5 Å². The van der Waals surface area contributed by atoms with Gasteiger partial charge in [0, 0.05) is 17.8 Å². The molecule has 2 aromatic carbocycles. The van der Waals surface area contributed by atoms with Crippen LogP contribution in [0, 0.1) is 6.92 Å². The molecule has 21 heavy (non-hydrogen) atoms. The van der Waals surface area contributed by atoms with Crippen molar-refractivity contribution in [3.8, 4) is 0 Å². The zero-order chi connectivity index (χ0) is 15.2. The van der Waals surface area contributed by atoms with Gasteiger partial charge in [-0.3, -0.25) is 4.79 Å². The minimum Gasteiger partial charge on any atom is -0.351 e. The number of aryl methyl sites for hydroxylation is 1. The Bertz CT molecular complexity index is 651. The normalized spacial score (nSPS) is 9.95. The second-order valence-corrected chi connectivity index (χ2v) is 4.74. The minimum absolute atomic E-state index is 0.165. The van der Waals surface area contributed by atoms with Gasteiger partial charge in [-0.2, -0.15) is 0 Å². The predicted octanol–water partition coefficient (Wildman–Crippen LogP) is 2.42. The number of anilines is 1. The van der Waals surface area contributed by atoms with E-state index in [0.29, 0.717) is 17.8 Å². The lowest BCUT2D eigenvalue weighted by Crippen LogP contribution is -2.23. The predicted molar refractivity (Wildman–Crippen MR) is 82.0 cm³/mol. The molecule has 0 aliphatic heterocycles. The quantitative estimate of drug-likeness (QED) is 0.805. The molecule has 0 radical (unpaired) electrons. The summed E-state index contributed by atoms with van der Waals surface area (Å²) in [6.45, 7) is 2.48. The molecule has 4 N–H and O–H groups in total. The number of carbonyl (C=O) groups excluding carboxylic acids is 2. The lowest BCUT2D eigenvalue weighted by atomic mass is 10.1. The van der Waals surface area contributed by atoms with Crippen LogP contribution < -0.4 is 16.4 Å². The van der Waals surface area contributed by atoms with Crippen LogP contribution in [-0.2, 0) is 6.54 Å². The number of benzene rings is 2. The van der Waals surface area contributed by atoms with Crippen molar-refractivity contribution in [2.24, 2.45) is 5.73 Å². The third kappa shape index (κ3) is 4.35. The van der Waals surface area contributed by atoms with Gasteiger partial charge in [0.05, 0.1) is 0 Å². The molecule has 2 aromatic rings. The average molecular weight is 283 g/mol. The Hall–Kier alpha value is -2.82. The molecule has 0 fully saturated rings. The lowest BCUT2D eigenvalue weighted by Gasteiger charge is -2.07. The molecule has 0 aromatic heterocycles. The number of carbonyl (C=O) groups is 2. The Morgan fingerprint density at radius 2 is 1.81 bits per heavy atom. The minimum atomic E-state index is -0.633. The highest BCUT2D eigenvalue weighted by Gasteiger charge is 2.05. The number of amides is 3. The Labute approximate surface area is 123 Å². The van der Waals surface area contributed by atoms with Crippen LogP contribution >= 0.6 is 0 Å². The van der Waals surface area contributed by atoms with Gasteiger partial charge < -0.3 is 16.4 Å². The van der Waals surface area contributed by atoms with Crippen molar-refractivity contribution in [2.45, 2.75) is 13.5 Å². The van der Waals surface area contributed by atoms with Crippen LogP contribution in [0.25, 0.3) is 0 Å². The van der Waals surface area contributed by atoms with Gasteiger partial charge in [-0.05, 0) is 36.8 Å². The van der Waals surface area contributed by atoms with Crippen LogP contribution in [0.4, 0.5) is 10.5 Å². The summed E-state index contributed by atoms with van der Waals surface area (Å²) < 4.78 is 0. The monoisotopic (exact) mass is 283 g/mol. The molecule has 0 unspecified atom stereocenters. The first-order chi connectivity index (χ1) is 10.0. The summed E-state index contributed by atoms with van der Waals surface area (Å²) >= 11 is 0. The smallest absolute Gasteiger partial charge is 0.316 e. The van der Waals surface area contributed by atoms with Gasteiger partial charge in [0.2, 0.25) is 0 Å². The number of hydrogen-bond acceptors (Lipinski definition) is 2. The van der Waals surface area contributed by atoms with Gasteiger partial charge in [0.25, 0.3) is 5.91 Å². The molecule has 0 saturated heterocycles. The van der Waals surface area contributed by atoms with E-state index in [-0.39, 0.29) is 5.91 Å². The molecule has 2 rings (SSSR count). The van der Waals surface area contributed by atoms with Gasteiger partial charge in [-0.25, -0.2) is 4.79 Å². The molecule has 0 heterocycles. The van der Waals surface area contributed by atoms with E-state index in [9.17, 15) is 9.59 Å². The van der Waals surface area contributed by atoms with Gasteiger partial charge >= 0.3 is 6.03 Å². The van der Waals surface area contributed by atoms with E-state index in [1.165, 1.54) is 0 Å². The zero-order valence-corrected chi connectivity index (χ0v) is 11.7. The van der Waals surface area contributed by atoms with Gasteiger partial charge in [0.15, 0.2) is 0 Å². The Balaban J connectivity index is 1.95. The Morgan fingerprint density at radius 3 is 2.43 bits per heavy atom. The van der Waals surface area contributed by atoms with Crippen LogP contribution in [0.2, 0.25) is 0 Å². The van der Waals surface area contributed by atoms with Crippen LogP contribution in [0.3, 0.4) is 0 Å². The molecule has 0 saturated carbocycles. The molecule has 0 atom stereocenters. The van der Waals surface area contributed by atoms with Crippen molar-refractivity contribution >= 4 is 17.6 Å². The maximum absolute atomic E-state index is 12.0. The highest BCUT2D eigenvalue weighted by atomic mass is 16.2. The molecule has 5 heteroatoms. The number of rotatable bonds is 4. The maximum atomic E-state index is 12.0. The molecule has 3 amide bonds. The highest BCUT2D eigenvalue weighted by molar-refractivity contribution is 5.95. The second-order valence-electron chi connectivity index (χ2n) is 4.74. The van der Waals surface area contributed by atoms with Crippen LogP contribution in [-0.4, -0.2) is 11.9 Å². The van der Waals surface area contributed by atoms with Crippen molar-refractivity contribution in [1.29, 1.82) is 0 Å². The first-order valence-electron chi connectivity index (χ1n) is 6.55. The number of nitrogens with one attached hydrogen (secondary N) is 2. The fourth-order valence-electron chi connectivity index (χ4n) is 1.95. The molecule has 0 spiro atoms. The van der Waals surface area contributed by atoms with Crippen molar-refractivity contribution in [1.82, 2.24) is 5.32 Å². The molecule has 5 nitrogen and oxygen atoms in total. The van der Waals surface area contributed by atoms with Crippen LogP contribution in [0.5, 0.6) is 0 Å². The summed E-state index contributed by atoms with van der Waals surface area (Å²) in [4.78, 5) is 22.7. The Kier molecular flexibility index (Phi) is 4.56. The molecule has 108 valence electrons. The van der Waals surface area contributed by atoms with Gasteiger partial charge in [-0.1, -0.05) is 29.8 Å². The van der Waals surface area contributed by atoms with E-state index < -0.39 is 6.03 Å². The zero-order valence-electron chi connectivity index (χ0n) is 11.7. The van der Waals surface area contributed by atoms with E-state index in [2.05, 4.69) is 10.6 Å². The van der Waals surface area contributed by atoms with E-state index in [0.717, 1.165) is 11.1 Å². The fourth-order valence-corrected chi connectivity index (χ4v) is 1.95. The Morgan fingerprint density at radius 1 is 1.10 bits per heavy atom. The number of urea groups is 1. The average Bonchev–Trinajstić information content (AvgIpc) is 2.45. The largest absolute Gasteiger partial charge is 0.351 e. The van der Waals surface area contributed by atoms with Crippen LogP contribution in [0.15, 0.2) is 48.5 Å². The third-order valence-electron chi connectivity index (χ3n) is 2.95. The molecular weight excluding hydrogens is 266 g/mol. The van der Waals surface area contributed by atoms with E-state index in [4.69, 9.17) is 5.73 Å². The van der Waals surface area contributed by atoms with E-state index in [1.807, 2.05) is 31.2 Å². The summed E-state index contributed by atoms with van der Waals surface area (Å²) in [5.41, 5.74) is 8.30. The van der Waals surface area contributed by atoms with Crippen molar-refractivity contribution < 1.29 is 9.59 Å². The van der Waals surface area contributed by atoms with E-state index >= 15 is 0 Å². The van der Waals surface area contributed by atoms with Crippen molar-refractivity contribution in [3.63, 3.8) is 0 Å². The summed E-state index contributed by atoms with van der Waals surface area (Å²) in [5.74, 6) is -0.165. The van der Waals surface area contributed by atoms with Crippen molar-refractivity contribution in [3.05, 3.63) is 65.2 Å². The standard InChI is InChI=1S/C16H17N3O2/c1-11-3-2-4-12(9-11)10-18-15(20)13-5-7-14(8-6-13)19-16(17)21/h2-9H,10H2,1H3,(H,18,20)(H3,17,19,21). The molecule has 0 aliphatic carbocycles. The maximum Gasteiger partial charge on any atom is 0.316 e. The van der Waals surface area contributed by atoms with Gasteiger partial charge in [-0.15, -0.1) is 0 Å².